The summed E-state index contributed by atoms with van der Waals surface area (Å²) in [5, 5.41) is 11.9. The zero-order chi connectivity index (χ0) is 14.0. The number of carbonyl (C=O) groups excluding carboxylic acids is 1. The maximum atomic E-state index is 11.9. The number of hydrogen-bond acceptors (Lipinski definition) is 5. The van der Waals surface area contributed by atoms with Gasteiger partial charge in [-0.2, -0.15) is 5.26 Å². The van der Waals surface area contributed by atoms with Gasteiger partial charge >= 0.3 is 0 Å². The molecule has 1 aromatic heterocycles. The third-order valence-electron chi connectivity index (χ3n) is 2.83. The molecule has 1 saturated heterocycles. The first-order chi connectivity index (χ1) is 8.90. The second kappa shape index (κ2) is 4.84. The second-order valence-corrected chi connectivity index (χ2v) is 5.68. The highest BCUT2D eigenvalue weighted by atomic mass is 16.2. The molecule has 1 amide bonds. The zero-order valence-electron chi connectivity index (χ0n) is 11.3. The molecule has 0 bridgehead atoms. The summed E-state index contributed by atoms with van der Waals surface area (Å²) in [6.07, 6.45) is 3.05. The summed E-state index contributed by atoms with van der Waals surface area (Å²) in [5.74, 6) is 0.559. The third kappa shape index (κ3) is 2.99. The van der Waals surface area contributed by atoms with Gasteiger partial charge in [-0.1, -0.05) is 0 Å². The minimum absolute atomic E-state index is 0.0474. The van der Waals surface area contributed by atoms with Crippen molar-refractivity contribution in [2.45, 2.75) is 26.3 Å². The number of amides is 1. The molecule has 2 rings (SSSR count). The Morgan fingerprint density at radius 1 is 1.42 bits per heavy atom. The molecule has 1 aliphatic rings. The van der Waals surface area contributed by atoms with Gasteiger partial charge in [0.05, 0.1) is 5.92 Å². The van der Waals surface area contributed by atoms with Crippen molar-refractivity contribution in [2.24, 2.45) is 5.92 Å². The van der Waals surface area contributed by atoms with E-state index in [0.29, 0.717) is 24.6 Å². The van der Waals surface area contributed by atoms with E-state index in [4.69, 9.17) is 5.26 Å². The summed E-state index contributed by atoms with van der Waals surface area (Å²) < 4.78 is 0. The third-order valence-corrected chi connectivity index (χ3v) is 2.83. The summed E-state index contributed by atoms with van der Waals surface area (Å²) in [4.78, 5) is 21.9. The van der Waals surface area contributed by atoms with E-state index in [1.807, 2.05) is 31.7 Å². The van der Waals surface area contributed by atoms with Crippen molar-refractivity contribution >= 4 is 11.7 Å². The first kappa shape index (κ1) is 13.3. The molecule has 6 heteroatoms. The van der Waals surface area contributed by atoms with Crippen LogP contribution in [0.4, 0.5) is 5.82 Å². The summed E-state index contributed by atoms with van der Waals surface area (Å²) in [6.45, 7) is 7.03. The standard InChI is InChI=1S/C13H17N5O/c1-13(2,3)17-12(19)9-7-18(8-9)11-10(6-14)15-4-5-16-11/h4-5,9H,7-8H2,1-3H3,(H,17,19). The molecule has 1 N–H and O–H groups in total. The van der Waals surface area contributed by atoms with Crippen molar-refractivity contribution < 1.29 is 4.79 Å². The quantitative estimate of drug-likeness (QED) is 0.845. The van der Waals surface area contributed by atoms with Crippen molar-refractivity contribution in [1.82, 2.24) is 15.3 Å². The van der Waals surface area contributed by atoms with Crippen molar-refractivity contribution in [3.63, 3.8) is 0 Å². The number of nitrogens with one attached hydrogen (secondary N) is 1. The van der Waals surface area contributed by atoms with Crippen LogP contribution in [0.3, 0.4) is 0 Å². The van der Waals surface area contributed by atoms with Gasteiger partial charge in [0.1, 0.15) is 6.07 Å². The fraction of sp³-hybridized carbons (Fsp3) is 0.538. The number of rotatable bonds is 2. The van der Waals surface area contributed by atoms with E-state index in [1.54, 1.807) is 6.20 Å². The van der Waals surface area contributed by atoms with Crippen LogP contribution in [0.1, 0.15) is 26.5 Å². The van der Waals surface area contributed by atoms with Crippen LogP contribution in [-0.4, -0.2) is 34.5 Å². The molecule has 0 spiro atoms. The van der Waals surface area contributed by atoms with E-state index in [0.717, 1.165) is 0 Å². The van der Waals surface area contributed by atoms with Crippen LogP contribution < -0.4 is 10.2 Å². The lowest BCUT2D eigenvalue weighted by atomic mass is 9.97. The van der Waals surface area contributed by atoms with Gasteiger partial charge in [-0.3, -0.25) is 4.79 Å². The molecule has 1 aromatic rings. The normalized spacial score (nSPS) is 15.6. The van der Waals surface area contributed by atoms with E-state index >= 15 is 0 Å². The van der Waals surface area contributed by atoms with Gasteiger partial charge in [0, 0.05) is 31.0 Å². The molecule has 2 heterocycles. The molecular weight excluding hydrogens is 242 g/mol. The van der Waals surface area contributed by atoms with E-state index in [-0.39, 0.29) is 17.4 Å². The summed E-state index contributed by atoms with van der Waals surface area (Å²) in [6, 6.07) is 2.01. The van der Waals surface area contributed by atoms with Crippen LogP contribution >= 0.6 is 0 Å². The number of nitrogens with zero attached hydrogens (tertiary/aromatic N) is 4. The van der Waals surface area contributed by atoms with E-state index in [2.05, 4.69) is 15.3 Å². The Labute approximate surface area is 112 Å². The largest absolute Gasteiger partial charge is 0.352 e. The van der Waals surface area contributed by atoms with E-state index < -0.39 is 0 Å². The average Bonchev–Trinajstić information content (AvgIpc) is 2.25. The fourth-order valence-electron chi connectivity index (χ4n) is 1.93. The highest BCUT2D eigenvalue weighted by Gasteiger charge is 2.35. The average molecular weight is 259 g/mol. The van der Waals surface area contributed by atoms with Crippen LogP contribution in [0.2, 0.25) is 0 Å². The fourth-order valence-corrected chi connectivity index (χ4v) is 1.93. The highest BCUT2D eigenvalue weighted by molar-refractivity contribution is 5.82. The summed E-state index contributed by atoms with van der Waals surface area (Å²) in [5.41, 5.74) is 0.0826. The number of aromatic nitrogens is 2. The molecule has 0 aromatic carbocycles. The topological polar surface area (TPSA) is 81.9 Å². The van der Waals surface area contributed by atoms with Gasteiger partial charge in [0.25, 0.3) is 0 Å². The molecule has 0 aliphatic carbocycles. The molecular formula is C13H17N5O. The maximum absolute atomic E-state index is 11.9. The first-order valence-electron chi connectivity index (χ1n) is 6.19. The van der Waals surface area contributed by atoms with Crippen LogP contribution in [-0.2, 0) is 4.79 Å². The number of nitriles is 1. The smallest absolute Gasteiger partial charge is 0.227 e. The Hall–Kier alpha value is -2.16. The molecule has 1 fully saturated rings. The van der Waals surface area contributed by atoms with Gasteiger partial charge in [-0.25, -0.2) is 9.97 Å². The van der Waals surface area contributed by atoms with Crippen molar-refractivity contribution in [2.75, 3.05) is 18.0 Å². The van der Waals surface area contributed by atoms with Crippen LogP contribution in [0.15, 0.2) is 12.4 Å². The molecule has 6 nitrogen and oxygen atoms in total. The predicted octanol–water partition coefficient (Wildman–Crippen LogP) is 0.699. The molecule has 19 heavy (non-hydrogen) atoms. The molecule has 100 valence electrons. The lowest BCUT2D eigenvalue weighted by molar-refractivity contribution is -0.127. The van der Waals surface area contributed by atoms with E-state index in [9.17, 15) is 4.79 Å². The Kier molecular flexibility index (Phi) is 3.38. The summed E-state index contributed by atoms with van der Waals surface area (Å²) in [7, 11) is 0. The van der Waals surface area contributed by atoms with Gasteiger partial charge in [-0.15, -0.1) is 0 Å². The van der Waals surface area contributed by atoms with Gasteiger partial charge in [-0.05, 0) is 20.8 Å². The number of anilines is 1. The van der Waals surface area contributed by atoms with Crippen molar-refractivity contribution in [1.29, 1.82) is 5.26 Å². The Balaban J connectivity index is 1.97. The Bertz CT molecular complexity index is 523. The van der Waals surface area contributed by atoms with Crippen LogP contribution in [0.25, 0.3) is 0 Å². The van der Waals surface area contributed by atoms with Crippen molar-refractivity contribution in [3.8, 4) is 6.07 Å². The highest BCUT2D eigenvalue weighted by Crippen LogP contribution is 2.24. The van der Waals surface area contributed by atoms with E-state index in [1.165, 1.54) is 6.20 Å². The lowest BCUT2D eigenvalue weighted by Gasteiger charge is -2.40. The Morgan fingerprint density at radius 2 is 2.05 bits per heavy atom. The minimum atomic E-state index is -0.220. The maximum Gasteiger partial charge on any atom is 0.227 e. The van der Waals surface area contributed by atoms with Gasteiger partial charge in [0.2, 0.25) is 5.91 Å². The van der Waals surface area contributed by atoms with Crippen molar-refractivity contribution in [3.05, 3.63) is 18.1 Å². The summed E-state index contributed by atoms with van der Waals surface area (Å²) >= 11 is 0. The number of hydrogen-bond donors (Lipinski definition) is 1. The van der Waals surface area contributed by atoms with Gasteiger partial charge < -0.3 is 10.2 Å². The van der Waals surface area contributed by atoms with Gasteiger partial charge in [0.15, 0.2) is 11.5 Å². The molecule has 0 radical (unpaired) electrons. The first-order valence-corrected chi connectivity index (χ1v) is 6.19. The monoisotopic (exact) mass is 259 g/mol. The molecule has 0 atom stereocenters. The molecule has 1 aliphatic heterocycles. The SMILES string of the molecule is CC(C)(C)NC(=O)C1CN(c2nccnc2C#N)C1. The number of carbonyl (C=O) groups is 1. The molecule has 0 unspecified atom stereocenters. The Morgan fingerprint density at radius 3 is 2.63 bits per heavy atom. The zero-order valence-corrected chi connectivity index (χ0v) is 11.3. The van der Waals surface area contributed by atoms with Crippen LogP contribution in [0.5, 0.6) is 0 Å². The van der Waals surface area contributed by atoms with Crippen LogP contribution in [0, 0.1) is 17.2 Å². The minimum Gasteiger partial charge on any atom is -0.352 e. The second-order valence-electron chi connectivity index (χ2n) is 5.68. The molecule has 0 saturated carbocycles. The predicted molar refractivity (Wildman–Crippen MR) is 70.3 cm³/mol. The lowest BCUT2D eigenvalue weighted by Crippen LogP contribution is -2.57.